The van der Waals surface area contributed by atoms with Crippen LogP contribution in [-0.4, -0.2) is 33.4 Å². The van der Waals surface area contributed by atoms with Gasteiger partial charge >= 0.3 is 0 Å². The van der Waals surface area contributed by atoms with Crippen LogP contribution in [0.15, 0.2) is 18.2 Å². The van der Waals surface area contributed by atoms with E-state index in [4.69, 9.17) is 16.3 Å². The molecule has 0 atom stereocenters. The van der Waals surface area contributed by atoms with Crippen LogP contribution in [0.3, 0.4) is 0 Å². The second kappa shape index (κ2) is 9.22. The van der Waals surface area contributed by atoms with Crippen LogP contribution in [0.5, 0.6) is 0 Å². The summed E-state index contributed by atoms with van der Waals surface area (Å²) >= 11 is 6.43. The monoisotopic (exact) mass is 298 g/mol. The Morgan fingerprint density at radius 3 is 2.55 bits per heavy atom. The molecule has 20 heavy (non-hydrogen) atoms. The van der Waals surface area contributed by atoms with E-state index in [1.807, 2.05) is 0 Å². The quantitative estimate of drug-likeness (QED) is 0.704. The lowest BCUT2D eigenvalue weighted by Crippen LogP contribution is -2.30. The smallest absolute Gasteiger partial charge is 0.0642 e. The van der Waals surface area contributed by atoms with Crippen LogP contribution in [-0.2, 0) is 11.3 Å². The van der Waals surface area contributed by atoms with Crippen LogP contribution >= 0.6 is 11.6 Å². The lowest BCUT2D eigenvalue weighted by molar-refractivity contribution is 0.199. The number of halogens is 1. The van der Waals surface area contributed by atoms with Crippen molar-refractivity contribution in [3.8, 4) is 0 Å². The Morgan fingerprint density at radius 1 is 1.30 bits per heavy atom. The molecule has 0 saturated carbocycles. The van der Waals surface area contributed by atoms with Crippen molar-refractivity contribution in [2.75, 3.05) is 32.2 Å². The van der Waals surface area contributed by atoms with Crippen molar-refractivity contribution in [1.29, 1.82) is 0 Å². The van der Waals surface area contributed by atoms with Gasteiger partial charge in [0.15, 0.2) is 0 Å². The maximum atomic E-state index is 6.43. The second-order valence-electron chi connectivity index (χ2n) is 5.04. The zero-order valence-electron chi connectivity index (χ0n) is 13.1. The van der Waals surface area contributed by atoms with Crippen molar-refractivity contribution < 1.29 is 4.74 Å². The summed E-state index contributed by atoms with van der Waals surface area (Å²) in [5, 5.41) is 4.15. The number of methoxy groups -OCH3 is 1. The molecule has 0 radical (unpaired) electrons. The normalized spacial score (nSPS) is 11.1. The van der Waals surface area contributed by atoms with Crippen LogP contribution < -0.4 is 10.2 Å². The molecule has 0 saturated heterocycles. The number of anilines is 1. The second-order valence-corrected chi connectivity index (χ2v) is 5.44. The van der Waals surface area contributed by atoms with Crippen LogP contribution in [0.1, 0.15) is 32.3 Å². The van der Waals surface area contributed by atoms with E-state index < -0.39 is 0 Å². The molecule has 1 aromatic carbocycles. The van der Waals surface area contributed by atoms with E-state index in [2.05, 4.69) is 49.3 Å². The van der Waals surface area contributed by atoms with E-state index in [0.29, 0.717) is 6.04 Å². The van der Waals surface area contributed by atoms with Gasteiger partial charge in [0.25, 0.3) is 0 Å². The van der Waals surface area contributed by atoms with E-state index in [9.17, 15) is 0 Å². The summed E-state index contributed by atoms with van der Waals surface area (Å²) in [7, 11) is 3.83. The Balaban J connectivity index is 2.67. The average molecular weight is 299 g/mol. The first-order valence-electron chi connectivity index (χ1n) is 7.34. The van der Waals surface area contributed by atoms with Gasteiger partial charge in [-0.3, -0.25) is 0 Å². The lowest BCUT2D eigenvalue weighted by Gasteiger charge is -2.29. The van der Waals surface area contributed by atoms with Crippen molar-refractivity contribution in [3.05, 3.63) is 28.8 Å². The standard InChI is InChI=1S/C16H27ClN2O/c1-5-14(6-2)19(3)16-8-7-13(11-15(16)17)12-18-9-10-20-4/h7-8,11,14,18H,5-6,9-10,12H2,1-4H3. The third kappa shape index (κ3) is 4.97. The van der Waals surface area contributed by atoms with Crippen LogP contribution in [0.4, 0.5) is 5.69 Å². The van der Waals surface area contributed by atoms with Crippen LogP contribution in [0.2, 0.25) is 5.02 Å². The summed E-state index contributed by atoms with van der Waals surface area (Å²) < 4.78 is 5.01. The molecule has 0 unspecified atom stereocenters. The number of rotatable bonds is 9. The minimum atomic E-state index is 0.540. The third-order valence-corrected chi connectivity index (χ3v) is 4.00. The highest BCUT2D eigenvalue weighted by Crippen LogP contribution is 2.28. The molecule has 4 heteroatoms. The highest BCUT2D eigenvalue weighted by atomic mass is 35.5. The van der Waals surface area contributed by atoms with Crippen molar-refractivity contribution in [2.24, 2.45) is 0 Å². The number of hydrogen-bond donors (Lipinski definition) is 1. The predicted octanol–water partition coefficient (Wildman–Crippen LogP) is 3.70. The first-order valence-corrected chi connectivity index (χ1v) is 7.72. The average Bonchev–Trinajstić information content (AvgIpc) is 2.45. The molecule has 0 amide bonds. The minimum absolute atomic E-state index is 0.540. The van der Waals surface area contributed by atoms with E-state index >= 15 is 0 Å². The molecule has 1 aromatic rings. The van der Waals surface area contributed by atoms with Crippen molar-refractivity contribution >= 4 is 17.3 Å². The molecule has 0 aliphatic heterocycles. The van der Waals surface area contributed by atoms with Gasteiger partial charge in [0.05, 0.1) is 17.3 Å². The van der Waals surface area contributed by atoms with Gasteiger partial charge in [-0.25, -0.2) is 0 Å². The van der Waals surface area contributed by atoms with Gasteiger partial charge in [-0.1, -0.05) is 31.5 Å². The number of nitrogens with zero attached hydrogens (tertiary/aromatic N) is 1. The molecule has 0 spiro atoms. The van der Waals surface area contributed by atoms with E-state index in [1.165, 1.54) is 5.56 Å². The summed E-state index contributed by atoms with van der Waals surface area (Å²) in [6.07, 6.45) is 2.26. The van der Waals surface area contributed by atoms with Gasteiger partial charge in [-0.2, -0.15) is 0 Å². The Morgan fingerprint density at radius 2 is 2.00 bits per heavy atom. The first kappa shape index (κ1) is 17.3. The maximum Gasteiger partial charge on any atom is 0.0642 e. The molecule has 1 rings (SSSR count). The fourth-order valence-electron chi connectivity index (χ4n) is 2.39. The Kier molecular flexibility index (Phi) is 7.97. The van der Waals surface area contributed by atoms with Crippen LogP contribution in [0, 0.1) is 0 Å². The minimum Gasteiger partial charge on any atom is -0.383 e. The van der Waals surface area contributed by atoms with Gasteiger partial charge in [-0.05, 0) is 30.5 Å². The zero-order valence-corrected chi connectivity index (χ0v) is 13.8. The van der Waals surface area contributed by atoms with Crippen molar-refractivity contribution in [1.82, 2.24) is 5.32 Å². The summed E-state index contributed by atoms with van der Waals surface area (Å²) in [5.41, 5.74) is 2.31. The molecular weight excluding hydrogens is 272 g/mol. The zero-order chi connectivity index (χ0) is 15.0. The van der Waals surface area contributed by atoms with Gasteiger partial charge in [0, 0.05) is 33.3 Å². The molecule has 0 aliphatic rings. The number of hydrogen-bond acceptors (Lipinski definition) is 3. The highest BCUT2D eigenvalue weighted by Gasteiger charge is 2.14. The summed E-state index contributed by atoms with van der Waals surface area (Å²) in [4.78, 5) is 2.28. The Labute approximate surface area is 128 Å². The Bertz CT molecular complexity index is 394. The van der Waals surface area contributed by atoms with Gasteiger partial charge in [0.2, 0.25) is 0 Å². The van der Waals surface area contributed by atoms with E-state index in [-0.39, 0.29) is 0 Å². The van der Waals surface area contributed by atoms with Gasteiger partial charge in [-0.15, -0.1) is 0 Å². The molecule has 0 aliphatic carbocycles. The van der Waals surface area contributed by atoms with E-state index in [1.54, 1.807) is 7.11 Å². The maximum absolute atomic E-state index is 6.43. The van der Waals surface area contributed by atoms with E-state index in [0.717, 1.165) is 43.2 Å². The molecule has 0 aromatic heterocycles. The first-order chi connectivity index (χ1) is 9.63. The topological polar surface area (TPSA) is 24.5 Å². The molecule has 1 N–H and O–H groups in total. The summed E-state index contributed by atoms with van der Waals surface area (Å²) in [6, 6.07) is 6.85. The summed E-state index contributed by atoms with van der Waals surface area (Å²) in [6.45, 7) is 6.82. The fourth-order valence-corrected chi connectivity index (χ4v) is 2.72. The molecular formula is C16H27ClN2O. The molecule has 0 heterocycles. The largest absolute Gasteiger partial charge is 0.383 e. The van der Waals surface area contributed by atoms with Crippen molar-refractivity contribution in [2.45, 2.75) is 39.3 Å². The summed E-state index contributed by atoms with van der Waals surface area (Å²) in [5.74, 6) is 0. The molecule has 114 valence electrons. The van der Waals surface area contributed by atoms with Crippen LogP contribution in [0.25, 0.3) is 0 Å². The SMILES string of the molecule is CCC(CC)N(C)c1ccc(CNCCOC)cc1Cl. The van der Waals surface area contributed by atoms with Gasteiger partial charge in [0.1, 0.15) is 0 Å². The molecule has 3 nitrogen and oxygen atoms in total. The third-order valence-electron chi connectivity index (χ3n) is 3.69. The fraction of sp³-hybridized carbons (Fsp3) is 0.625. The molecule has 0 bridgehead atoms. The van der Waals surface area contributed by atoms with Crippen molar-refractivity contribution in [3.63, 3.8) is 0 Å². The number of benzene rings is 1. The lowest BCUT2D eigenvalue weighted by atomic mass is 10.1. The highest BCUT2D eigenvalue weighted by molar-refractivity contribution is 6.33. The predicted molar refractivity (Wildman–Crippen MR) is 87.8 cm³/mol. The molecule has 0 fully saturated rings. The number of ether oxygens (including phenoxy) is 1. The number of nitrogens with one attached hydrogen (secondary N) is 1. The van der Waals surface area contributed by atoms with Gasteiger partial charge < -0.3 is 15.0 Å². The Hall–Kier alpha value is -0.770.